The summed E-state index contributed by atoms with van der Waals surface area (Å²) < 4.78 is 6.41. The van der Waals surface area contributed by atoms with Crippen LogP contribution in [0.4, 0.5) is 0 Å². The van der Waals surface area contributed by atoms with Gasteiger partial charge in [0.15, 0.2) is 0 Å². The maximum Gasteiger partial charge on any atom is 0.119 e. The van der Waals surface area contributed by atoms with E-state index in [0.29, 0.717) is 0 Å². The summed E-state index contributed by atoms with van der Waals surface area (Å²) in [6, 6.07) is 9.85. The van der Waals surface area contributed by atoms with E-state index in [2.05, 4.69) is 27.9 Å². The third-order valence-corrected chi connectivity index (χ3v) is 1.92. The van der Waals surface area contributed by atoms with E-state index in [4.69, 9.17) is 4.74 Å². The standard InChI is InChI=1S/C9H12INO/c10-8-11-6-7-12-9-4-2-1-3-5-9/h1-5,11H,6-8H2. The first-order valence-electron chi connectivity index (χ1n) is 3.88. The summed E-state index contributed by atoms with van der Waals surface area (Å²) in [6.07, 6.45) is 0. The van der Waals surface area contributed by atoms with Crippen LogP contribution in [0.1, 0.15) is 0 Å². The Morgan fingerprint density at radius 2 is 2.00 bits per heavy atom. The molecule has 1 aromatic rings. The molecular formula is C9H12INO. The minimum absolute atomic E-state index is 0.729. The number of hydrogen-bond acceptors (Lipinski definition) is 2. The molecule has 0 spiro atoms. The lowest BCUT2D eigenvalue weighted by Crippen LogP contribution is -2.18. The Balaban J connectivity index is 2.16. The summed E-state index contributed by atoms with van der Waals surface area (Å²) in [7, 11) is 0. The lowest BCUT2D eigenvalue weighted by atomic mass is 10.3. The number of para-hydroxylation sites is 1. The largest absolute Gasteiger partial charge is 0.492 e. The van der Waals surface area contributed by atoms with Gasteiger partial charge in [0.1, 0.15) is 12.4 Å². The minimum Gasteiger partial charge on any atom is -0.492 e. The van der Waals surface area contributed by atoms with E-state index in [-0.39, 0.29) is 0 Å². The van der Waals surface area contributed by atoms with Gasteiger partial charge in [-0.3, -0.25) is 0 Å². The van der Waals surface area contributed by atoms with Crippen LogP contribution in [-0.4, -0.2) is 17.7 Å². The summed E-state index contributed by atoms with van der Waals surface area (Å²) in [6.45, 7) is 1.63. The number of rotatable bonds is 5. The number of benzene rings is 1. The number of nitrogens with one attached hydrogen (secondary N) is 1. The molecule has 0 radical (unpaired) electrons. The van der Waals surface area contributed by atoms with E-state index >= 15 is 0 Å². The van der Waals surface area contributed by atoms with Gasteiger partial charge in [0.05, 0.1) is 0 Å². The van der Waals surface area contributed by atoms with Crippen molar-refractivity contribution in [2.24, 2.45) is 0 Å². The van der Waals surface area contributed by atoms with Crippen molar-refractivity contribution in [3.63, 3.8) is 0 Å². The molecule has 0 aromatic heterocycles. The zero-order valence-electron chi connectivity index (χ0n) is 6.79. The van der Waals surface area contributed by atoms with Gasteiger partial charge in [-0.2, -0.15) is 0 Å². The third kappa shape index (κ3) is 3.92. The molecule has 0 aliphatic rings. The van der Waals surface area contributed by atoms with Crippen molar-refractivity contribution in [2.75, 3.05) is 17.7 Å². The molecule has 0 bridgehead atoms. The quantitative estimate of drug-likeness (QED) is 0.385. The van der Waals surface area contributed by atoms with Crippen LogP contribution in [0.25, 0.3) is 0 Å². The van der Waals surface area contributed by atoms with Crippen molar-refractivity contribution in [3.05, 3.63) is 30.3 Å². The molecule has 0 unspecified atom stereocenters. The first-order chi connectivity index (χ1) is 5.93. The van der Waals surface area contributed by atoms with Gasteiger partial charge in [0.25, 0.3) is 0 Å². The Kier molecular flexibility index (Phi) is 5.10. The fourth-order valence-electron chi connectivity index (χ4n) is 0.825. The second-order valence-electron chi connectivity index (χ2n) is 2.30. The van der Waals surface area contributed by atoms with E-state index < -0.39 is 0 Å². The van der Waals surface area contributed by atoms with Crippen molar-refractivity contribution in [1.82, 2.24) is 5.32 Å². The highest BCUT2D eigenvalue weighted by atomic mass is 127. The molecule has 0 aliphatic heterocycles. The van der Waals surface area contributed by atoms with Gasteiger partial charge < -0.3 is 10.1 Å². The number of hydrogen-bond donors (Lipinski definition) is 1. The van der Waals surface area contributed by atoms with Gasteiger partial charge in [0.2, 0.25) is 0 Å². The molecule has 0 saturated carbocycles. The monoisotopic (exact) mass is 277 g/mol. The fourth-order valence-corrected chi connectivity index (χ4v) is 1.21. The Labute approximate surface area is 86.5 Å². The van der Waals surface area contributed by atoms with Crippen LogP contribution in [0.5, 0.6) is 5.75 Å². The lowest BCUT2D eigenvalue weighted by Gasteiger charge is -2.04. The second kappa shape index (κ2) is 6.25. The highest BCUT2D eigenvalue weighted by Gasteiger charge is 1.89. The number of alkyl halides is 1. The van der Waals surface area contributed by atoms with Crippen LogP contribution in [0.2, 0.25) is 0 Å². The van der Waals surface area contributed by atoms with Crippen molar-refractivity contribution >= 4 is 22.6 Å². The van der Waals surface area contributed by atoms with Crippen molar-refractivity contribution < 1.29 is 4.74 Å². The third-order valence-electron chi connectivity index (χ3n) is 1.39. The average Bonchev–Trinajstić information content (AvgIpc) is 2.14. The molecule has 3 heteroatoms. The maximum absolute atomic E-state index is 5.44. The van der Waals surface area contributed by atoms with Gasteiger partial charge in [0, 0.05) is 11.1 Å². The van der Waals surface area contributed by atoms with Gasteiger partial charge >= 0.3 is 0 Å². The lowest BCUT2D eigenvalue weighted by molar-refractivity contribution is 0.318. The Morgan fingerprint density at radius 3 is 2.67 bits per heavy atom. The molecule has 0 atom stereocenters. The molecule has 0 heterocycles. The first kappa shape index (κ1) is 9.80. The van der Waals surface area contributed by atoms with Gasteiger partial charge in [-0.15, -0.1) is 0 Å². The predicted octanol–water partition coefficient (Wildman–Crippen LogP) is 2.05. The van der Waals surface area contributed by atoms with E-state index in [0.717, 1.165) is 23.5 Å². The number of ether oxygens (including phenoxy) is 1. The summed E-state index contributed by atoms with van der Waals surface area (Å²) in [5, 5.41) is 3.18. The summed E-state index contributed by atoms with van der Waals surface area (Å²) >= 11 is 2.28. The van der Waals surface area contributed by atoms with E-state index in [1.807, 2.05) is 30.3 Å². The maximum atomic E-state index is 5.44. The summed E-state index contributed by atoms with van der Waals surface area (Å²) in [5.74, 6) is 0.938. The van der Waals surface area contributed by atoms with E-state index in [1.54, 1.807) is 0 Å². The Bertz CT molecular complexity index is 203. The van der Waals surface area contributed by atoms with Gasteiger partial charge in [-0.25, -0.2) is 0 Å². The molecule has 0 amide bonds. The fraction of sp³-hybridized carbons (Fsp3) is 0.333. The summed E-state index contributed by atoms with van der Waals surface area (Å²) in [4.78, 5) is 0. The molecule has 66 valence electrons. The SMILES string of the molecule is ICNCCOc1ccccc1. The minimum atomic E-state index is 0.729. The van der Waals surface area contributed by atoms with Gasteiger partial charge in [-0.1, -0.05) is 40.8 Å². The topological polar surface area (TPSA) is 21.3 Å². The molecule has 1 rings (SSSR count). The predicted molar refractivity (Wildman–Crippen MR) is 58.8 cm³/mol. The van der Waals surface area contributed by atoms with Crippen LogP contribution in [0.3, 0.4) is 0 Å². The van der Waals surface area contributed by atoms with Crippen LogP contribution in [0.15, 0.2) is 30.3 Å². The van der Waals surface area contributed by atoms with Crippen LogP contribution in [-0.2, 0) is 0 Å². The molecule has 0 aliphatic carbocycles. The smallest absolute Gasteiger partial charge is 0.119 e. The van der Waals surface area contributed by atoms with Crippen LogP contribution in [0, 0.1) is 0 Å². The summed E-state index contributed by atoms with van der Waals surface area (Å²) in [5.41, 5.74) is 0. The zero-order chi connectivity index (χ0) is 8.65. The van der Waals surface area contributed by atoms with Crippen LogP contribution >= 0.6 is 22.6 Å². The second-order valence-corrected chi connectivity index (χ2v) is 3.06. The van der Waals surface area contributed by atoms with Gasteiger partial charge in [-0.05, 0) is 12.1 Å². The molecule has 0 saturated heterocycles. The Morgan fingerprint density at radius 1 is 1.25 bits per heavy atom. The number of halogens is 1. The average molecular weight is 277 g/mol. The zero-order valence-corrected chi connectivity index (χ0v) is 8.95. The van der Waals surface area contributed by atoms with Crippen molar-refractivity contribution in [2.45, 2.75) is 0 Å². The molecule has 1 aromatic carbocycles. The van der Waals surface area contributed by atoms with E-state index in [1.165, 1.54) is 0 Å². The van der Waals surface area contributed by atoms with E-state index in [9.17, 15) is 0 Å². The molecular weight excluding hydrogens is 265 g/mol. The van der Waals surface area contributed by atoms with Crippen LogP contribution < -0.4 is 10.1 Å². The highest BCUT2D eigenvalue weighted by Crippen LogP contribution is 2.07. The van der Waals surface area contributed by atoms with Crippen molar-refractivity contribution in [1.29, 1.82) is 0 Å². The molecule has 2 nitrogen and oxygen atoms in total. The highest BCUT2D eigenvalue weighted by molar-refractivity contribution is 14.1. The van der Waals surface area contributed by atoms with Crippen molar-refractivity contribution in [3.8, 4) is 5.75 Å². The Hall–Kier alpha value is -0.290. The molecule has 0 fully saturated rings. The normalized spacial score (nSPS) is 9.75. The first-order valence-corrected chi connectivity index (χ1v) is 5.40. The molecule has 12 heavy (non-hydrogen) atoms. The molecule has 1 N–H and O–H groups in total.